The number of halogens is 1. The molecule has 0 aliphatic carbocycles. The van der Waals surface area contributed by atoms with Crippen molar-refractivity contribution in [2.75, 3.05) is 6.54 Å². The third-order valence-electron chi connectivity index (χ3n) is 2.67. The summed E-state index contributed by atoms with van der Waals surface area (Å²) in [7, 11) is 0. The van der Waals surface area contributed by atoms with Crippen molar-refractivity contribution in [1.29, 1.82) is 0 Å². The van der Waals surface area contributed by atoms with E-state index in [9.17, 15) is 0 Å². The van der Waals surface area contributed by atoms with Crippen LogP contribution in [-0.2, 0) is 11.3 Å². The van der Waals surface area contributed by atoms with E-state index < -0.39 is 0 Å². The highest BCUT2D eigenvalue weighted by atomic mass is 79.9. The minimum absolute atomic E-state index is 0.120. The Bertz CT molecular complexity index is 490. The number of hydrogen-bond donors (Lipinski definition) is 1. The molecule has 1 aromatic heterocycles. The molecule has 18 heavy (non-hydrogen) atoms. The van der Waals surface area contributed by atoms with Crippen molar-refractivity contribution >= 4 is 15.9 Å². The van der Waals surface area contributed by atoms with Crippen LogP contribution in [0.2, 0.25) is 0 Å². The van der Waals surface area contributed by atoms with Crippen LogP contribution < -0.4 is 5.73 Å². The monoisotopic (exact) mass is 306 g/mol. The summed E-state index contributed by atoms with van der Waals surface area (Å²) in [5, 5.41) is 0. The zero-order chi connectivity index (χ0) is 12.8. The predicted octanol–water partition coefficient (Wildman–Crippen LogP) is 3.06. The van der Waals surface area contributed by atoms with Gasteiger partial charge in [0, 0.05) is 29.0 Å². The smallest absolute Gasteiger partial charge is 0.0966 e. The Morgan fingerprint density at radius 3 is 2.72 bits per heavy atom. The molecule has 0 radical (unpaired) electrons. The Morgan fingerprint density at radius 2 is 2.06 bits per heavy atom. The highest BCUT2D eigenvalue weighted by molar-refractivity contribution is 9.10. The Morgan fingerprint density at radius 1 is 1.22 bits per heavy atom. The molecule has 0 aliphatic rings. The Hall–Kier alpha value is -1.23. The van der Waals surface area contributed by atoms with Gasteiger partial charge >= 0.3 is 0 Å². The summed E-state index contributed by atoms with van der Waals surface area (Å²) in [5.41, 5.74) is 7.86. The first kappa shape index (κ1) is 13.2. The minimum Gasteiger partial charge on any atom is -0.367 e. The van der Waals surface area contributed by atoms with Crippen LogP contribution in [0.3, 0.4) is 0 Å². The second-order valence-electron chi connectivity index (χ2n) is 3.91. The van der Waals surface area contributed by atoms with E-state index in [1.807, 2.05) is 36.4 Å². The predicted molar refractivity (Wildman–Crippen MR) is 75.0 cm³/mol. The number of hydrogen-bond acceptors (Lipinski definition) is 3. The van der Waals surface area contributed by atoms with Gasteiger partial charge in [-0.2, -0.15) is 0 Å². The number of rotatable bonds is 5. The lowest BCUT2D eigenvalue weighted by Gasteiger charge is -2.16. The number of nitrogens with two attached hydrogens (primary N) is 1. The van der Waals surface area contributed by atoms with E-state index in [0.29, 0.717) is 13.2 Å². The van der Waals surface area contributed by atoms with Gasteiger partial charge in [-0.3, -0.25) is 4.98 Å². The molecule has 2 N–H and O–H groups in total. The summed E-state index contributed by atoms with van der Waals surface area (Å²) in [6.45, 7) is 0.967. The van der Waals surface area contributed by atoms with Gasteiger partial charge in [0.05, 0.1) is 12.7 Å². The summed E-state index contributed by atoms with van der Waals surface area (Å²) < 4.78 is 6.90. The van der Waals surface area contributed by atoms with Crippen molar-refractivity contribution in [3.63, 3.8) is 0 Å². The molecule has 1 unspecified atom stereocenters. The fraction of sp³-hybridized carbons (Fsp3) is 0.214. The molecule has 0 spiro atoms. The Balaban J connectivity index is 2.02. The second kappa shape index (κ2) is 6.64. The van der Waals surface area contributed by atoms with E-state index >= 15 is 0 Å². The number of nitrogens with zero attached hydrogens (tertiary/aromatic N) is 1. The van der Waals surface area contributed by atoms with E-state index in [1.54, 1.807) is 12.4 Å². The van der Waals surface area contributed by atoms with Crippen LogP contribution in [0.1, 0.15) is 17.2 Å². The standard InChI is InChI=1S/C14H15BrN2O/c15-13-6-2-1-4-12(13)10-18-14(8-16)11-5-3-7-17-9-11/h1-7,9,14H,8,10,16H2. The average molecular weight is 307 g/mol. The lowest BCUT2D eigenvalue weighted by molar-refractivity contribution is 0.0451. The van der Waals surface area contributed by atoms with E-state index in [-0.39, 0.29) is 6.10 Å². The molecule has 1 atom stereocenters. The number of benzene rings is 1. The topological polar surface area (TPSA) is 48.1 Å². The van der Waals surface area contributed by atoms with Crippen molar-refractivity contribution in [2.45, 2.75) is 12.7 Å². The van der Waals surface area contributed by atoms with Crippen LogP contribution in [0.25, 0.3) is 0 Å². The molecule has 0 bridgehead atoms. The summed E-state index contributed by atoms with van der Waals surface area (Å²) in [6.07, 6.45) is 3.41. The molecule has 1 heterocycles. The Kier molecular flexibility index (Phi) is 4.87. The van der Waals surface area contributed by atoms with E-state index in [0.717, 1.165) is 15.6 Å². The van der Waals surface area contributed by atoms with E-state index in [4.69, 9.17) is 10.5 Å². The maximum atomic E-state index is 5.85. The van der Waals surface area contributed by atoms with Gasteiger partial charge < -0.3 is 10.5 Å². The molecule has 0 saturated carbocycles. The lowest BCUT2D eigenvalue weighted by atomic mass is 10.1. The van der Waals surface area contributed by atoms with Crippen LogP contribution in [0, 0.1) is 0 Å². The maximum Gasteiger partial charge on any atom is 0.0966 e. The van der Waals surface area contributed by atoms with Crippen LogP contribution >= 0.6 is 15.9 Å². The molecule has 2 rings (SSSR count). The quantitative estimate of drug-likeness (QED) is 0.923. The molecule has 94 valence electrons. The van der Waals surface area contributed by atoms with Gasteiger partial charge in [0.15, 0.2) is 0 Å². The highest BCUT2D eigenvalue weighted by Gasteiger charge is 2.10. The van der Waals surface area contributed by atoms with Gasteiger partial charge in [-0.15, -0.1) is 0 Å². The van der Waals surface area contributed by atoms with Crippen LogP contribution in [0.5, 0.6) is 0 Å². The molecule has 0 aliphatic heterocycles. The first-order chi connectivity index (χ1) is 8.81. The molecule has 2 aromatic rings. The van der Waals surface area contributed by atoms with Gasteiger partial charge in [-0.05, 0) is 17.7 Å². The molecule has 3 nitrogen and oxygen atoms in total. The van der Waals surface area contributed by atoms with Crippen LogP contribution in [-0.4, -0.2) is 11.5 Å². The lowest BCUT2D eigenvalue weighted by Crippen LogP contribution is -2.16. The number of aromatic nitrogens is 1. The molecule has 0 saturated heterocycles. The zero-order valence-corrected chi connectivity index (χ0v) is 11.5. The zero-order valence-electron chi connectivity index (χ0n) is 9.92. The molecule has 0 fully saturated rings. The molecule has 0 amide bonds. The van der Waals surface area contributed by atoms with Crippen molar-refractivity contribution in [2.24, 2.45) is 5.73 Å². The average Bonchev–Trinajstić information content (AvgIpc) is 2.42. The van der Waals surface area contributed by atoms with Crippen molar-refractivity contribution < 1.29 is 4.74 Å². The molecular weight excluding hydrogens is 292 g/mol. The fourth-order valence-electron chi connectivity index (χ4n) is 1.67. The minimum atomic E-state index is -0.120. The highest BCUT2D eigenvalue weighted by Crippen LogP contribution is 2.21. The molecule has 4 heteroatoms. The number of ether oxygens (including phenoxy) is 1. The normalized spacial score (nSPS) is 12.3. The van der Waals surface area contributed by atoms with Gasteiger partial charge in [0.25, 0.3) is 0 Å². The first-order valence-corrected chi connectivity index (χ1v) is 6.55. The van der Waals surface area contributed by atoms with Gasteiger partial charge in [-0.1, -0.05) is 40.2 Å². The third kappa shape index (κ3) is 3.38. The summed E-state index contributed by atoms with van der Waals surface area (Å²) >= 11 is 3.50. The summed E-state index contributed by atoms with van der Waals surface area (Å²) in [5.74, 6) is 0. The molecule has 1 aromatic carbocycles. The largest absolute Gasteiger partial charge is 0.367 e. The van der Waals surface area contributed by atoms with Crippen LogP contribution in [0.4, 0.5) is 0 Å². The van der Waals surface area contributed by atoms with Gasteiger partial charge in [0.2, 0.25) is 0 Å². The Labute approximate surface area is 115 Å². The summed E-state index contributed by atoms with van der Waals surface area (Å²) in [6, 6.07) is 11.9. The van der Waals surface area contributed by atoms with Gasteiger partial charge in [-0.25, -0.2) is 0 Å². The van der Waals surface area contributed by atoms with E-state index in [2.05, 4.69) is 20.9 Å². The third-order valence-corrected chi connectivity index (χ3v) is 3.44. The number of pyridine rings is 1. The maximum absolute atomic E-state index is 5.85. The second-order valence-corrected chi connectivity index (χ2v) is 4.77. The first-order valence-electron chi connectivity index (χ1n) is 5.76. The summed E-state index contributed by atoms with van der Waals surface area (Å²) in [4.78, 5) is 4.08. The van der Waals surface area contributed by atoms with E-state index in [1.165, 1.54) is 0 Å². The fourth-order valence-corrected chi connectivity index (χ4v) is 2.07. The van der Waals surface area contributed by atoms with Crippen molar-refractivity contribution in [3.05, 3.63) is 64.4 Å². The van der Waals surface area contributed by atoms with Gasteiger partial charge in [0.1, 0.15) is 0 Å². The SMILES string of the molecule is NCC(OCc1ccccc1Br)c1cccnc1. The van der Waals surface area contributed by atoms with Crippen LogP contribution in [0.15, 0.2) is 53.3 Å². The van der Waals surface area contributed by atoms with Crippen molar-refractivity contribution in [1.82, 2.24) is 4.98 Å². The van der Waals surface area contributed by atoms with Crippen molar-refractivity contribution in [3.8, 4) is 0 Å². The molecular formula is C14H15BrN2O.